The Bertz CT molecular complexity index is 673. The van der Waals surface area contributed by atoms with Crippen LogP contribution in [-0.4, -0.2) is 34.5 Å². The number of amides is 1. The second-order valence-corrected chi connectivity index (χ2v) is 5.79. The van der Waals surface area contributed by atoms with E-state index in [-0.39, 0.29) is 5.91 Å². The minimum absolute atomic E-state index is 0.175. The Balaban J connectivity index is 1.85. The molecule has 5 nitrogen and oxygen atoms in total. The van der Waals surface area contributed by atoms with Crippen molar-refractivity contribution in [1.29, 1.82) is 0 Å². The highest BCUT2D eigenvalue weighted by atomic mass is 16.4. The maximum atomic E-state index is 12.7. The molecular formula is C17H19NO4. The van der Waals surface area contributed by atoms with Gasteiger partial charge in [0.1, 0.15) is 17.4 Å². The summed E-state index contributed by atoms with van der Waals surface area (Å²) in [5.74, 6) is -0.996. The van der Waals surface area contributed by atoms with Crippen LogP contribution in [0.1, 0.15) is 37.9 Å². The molecule has 0 saturated carbocycles. The smallest absolute Gasteiger partial charge is 0.326 e. The van der Waals surface area contributed by atoms with Gasteiger partial charge in [0.05, 0.1) is 5.92 Å². The highest BCUT2D eigenvalue weighted by Crippen LogP contribution is 2.28. The zero-order valence-corrected chi connectivity index (χ0v) is 12.5. The molecule has 1 aromatic carbocycles. The van der Waals surface area contributed by atoms with E-state index in [0.717, 1.165) is 23.8 Å². The van der Waals surface area contributed by atoms with E-state index in [2.05, 4.69) is 0 Å². The van der Waals surface area contributed by atoms with Crippen molar-refractivity contribution in [2.24, 2.45) is 0 Å². The normalized spacial score (nSPS) is 20.0. The monoisotopic (exact) mass is 301 g/mol. The van der Waals surface area contributed by atoms with Crippen LogP contribution in [0, 0.1) is 0 Å². The Morgan fingerprint density at radius 1 is 1.32 bits per heavy atom. The van der Waals surface area contributed by atoms with Crippen molar-refractivity contribution in [1.82, 2.24) is 4.90 Å². The number of piperidine rings is 1. The molecule has 0 spiro atoms. The zero-order chi connectivity index (χ0) is 15.7. The molecule has 5 heteroatoms. The van der Waals surface area contributed by atoms with E-state index in [1.54, 1.807) is 6.92 Å². The minimum Gasteiger partial charge on any atom is -0.480 e. The molecule has 1 N–H and O–H groups in total. The van der Waals surface area contributed by atoms with Crippen LogP contribution < -0.4 is 0 Å². The van der Waals surface area contributed by atoms with Gasteiger partial charge in [0.2, 0.25) is 5.91 Å². The fourth-order valence-corrected chi connectivity index (χ4v) is 3.04. The van der Waals surface area contributed by atoms with Crippen LogP contribution in [0.15, 0.2) is 34.7 Å². The van der Waals surface area contributed by atoms with Gasteiger partial charge in [-0.15, -0.1) is 0 Å². The third-order valence-corrected chi connectivity index (χ3v) is 4.31. The molecule has 2 heterocycles. The number of fused-ring (bicyclic) bond motifs is 1. The molecule has 0 bridgehead atoms. The van der Waals surface area contributed by atoms with Crippen LogP contribution in [-0.2, 0) is 9.59 Å². The molecule has 1 aliphatic heterocycles. The lowest BCUT2D eigenvalue weighted by atomic mass is 9.98. The maximum absolute atomic E-state index is 12.7. The summed E-state index contributed by atoms with van der Waals surface area (Å²) in [6.45, 7) is 2.27. The average molecular weight is 301 g/mol. The van der Waals surface area contributed by atoms with Gasteiger partial charge in [0.15, 0.2) is 0 Å². The molecule has 0 radical (unpaired) electrons. The molecular weight excluding hydrogens is 282 g/mol. The number of likely N-dealkylation sites (tertiary alicyclic amines) is 1. The summed E-state index contributed by atoms with van der Waals surface area (Å²) in [6.07, 6.45) is 2.22. The maximum Gasteiger partial charge on any atom is 0.326 e. The summed E-state index contributed by atoms with van der Waals surface area (Å²) in [5.41, 5.74) is 0.741. The van der Waals surface area contributed by atoms with Gasteiger partial charge in [-0.05, 0) is 38.3 Å². The number of carboxylic acids is 1. The Kier molecular flexibility index (Phi) is 3.88. The van der Waals surface area contributed by atoms with E-state index in [1.807, 2.05) is 30.3 Å². The van der Waals surface area contributed by atoms with Crippen LogP contribution in [0.25, 0.3) is 11.0 Å². The van der Waals surface area contributed by atoms with Gasteiger partial charge in [-0.25, -0.2) is 4.79 Å². The Morgan fingerprint density at radius 2 is 2.09 bits per heavy atom. The van der Waals surface area contributed by atoms with Crippen molar-refractivity contribution in [2.75, 3.05) is 6.54 Å². The summed E-state index contributed by atoms with van der Waals surface area (Å²) in [4.78, 5) is 25.5. The van der Waals surface area contributed by atoms with Crippen LogP contribution in [0.4, 0.5) is 0 Å². The first-order valence-corrected chi connectivity index (χ1v) is 7.59. The molecule has 1 fully saturated rings. The number of hydrogen-bond acceptors (Lipinski definition) is 3. The predicted molar refractivity (Wildman–Crippen MR) is 81.6 cm³/mol. The number of benzene rings is 1. The summed E-state index contributed by atoms with van der Waals surface area (Å²) in [5, 5.41) is 10.3. The van der Waals surface area contributed by atoms with Crippen LogP contribution >= 0.6 is 0 Å². The summed E-state index contributed by atoms with van der Waals surface area (Å²) >= 11 is 0. The van der Waals surface area contributed by atoms with Crippen molar-refractivity contribution in [3.05, 3.63) is 36.1 Å². The number of carbonyl (C=O) groups is 2. The summed E-state index contributed by atoms with van der Waals surface area (Å²) in [6, 6.07) is 8.73. The van der Waals surface area contributed by atoms with Gasteiger partial charge >= 0.3 is 5.97 Å². The number of aliphatic carboxylic acids is 1. The lowest BCUT2D eigenvalue weighted by molar-refractivity contribution is -0.152. The molecule has 1 aromatic heterocycles. The van der Waals surface area contributed by atoms with Gasteiger partial charge in [-0.2, -0.15) is 0 Å². The van der Waals surface area contributed by atoms with Crippen molar-refractivity contribution in [3.63, 3.8) is 0 Å². The third kappa shape index (κ3) is 2.58. The van der Waals surface area contributed by atoms with E-state index in [4.69, 9.17) is 4.42 Å². The fourth-order valence-electron chi connectivity index (χ4n) is 3.04. The molecule has 116 valence electrons. The average Bonchev–Trinajstić information content (AvgIpc) is 2.97. The van der Waals surface area contributed by atoms with Crippen LogP contribution in [0.3, 0.4) is 0 Å². The fraction of sp³-hybridized carbons (Fsp3) is 0.412. The molecule has 22 heavy (non-hydrogen) atoms. The molecule has 2 aromatic rings. The van der Waals surface area contributed by atoms with Crippen molar-refractivity contribution in [3.8, 4) is 0 Å². The standard InChI is InChI=1S/C17H19NO4/c1-11(15-10-12-6-2-3-8-14(12)22-15)16(19)18-9-5-4-7-13(18)17(20)21/h2-3,6,8,10-11,13H,4-5,7,9H2,1H3,(H,20,21)/t11?,13-/m1/s1. The van der Waals surface area contributed by atoms with Crippen molar-refractivity contribution in [2.45, 2.75) is 38.1 Å². The van der Waals surface area contributed by atoms with Gasteiger partial charge in [-0.3, -0.25) is 4.79 Å². The largest absolute Gasteiger partial charge is 0.480 e. The Labute approximate surface area is 128 Å². The first-order valence-electron chi connectivity index (χ1n) is 7.59. The van der Waals surface area contributed by atoms with Gasteiger partial charge in [0, 0.05) is 11.9 Å². The molecule has 0 aliphatic carbocycles. The van der Waals surface area contributed by atoms with E-state index in [1.165, 1.54) is 4.90 Å². The number of carboxylic acid groups (broad SMARTS) is 1. The minimum atomic E-state index is -0.926. The molecule has 1 amide bonds. The highest BCUT2D eigenvalue weighted by molar-refractivity contribution is 5.89. The number of furan rings is 1. The van der Waals surface area contributed by atoms with Crippen molar-refractivity contribution < 1.29 is 19.1 Å². The lowest BCUT2D eigenvalue weighted by Gasteiger charge is -2.34. The number of nitrogens with zero attached hydrogens (tertiary/aromatic N) is 1. The van der Waals surface area contributed by atoms with E-state index in [9.17, 15) is 14.7 Å². The lowest BCUT2D eigenvalue weighted by Crippen LogP contribution is -2.49. The quantitative estimate of drug-likeness (QED) is 0.946. The number of rotatable bonds is 3. The van der Waals surface area contributed by atoms with Crippen molar-refractivity contribution >= 4 is 22.8 Å². The first kappa shape index (κ1) is 14.6. The Morgan fingerprint density at radius 3 is 2.82 bits per heavy atom. The van der Waals surface area contributed by atoms with Gasteiger partial charge < -0.3 is 14.4 Å². The highest BCUT2D eigenvalue weighted by Gasteiger charge is 2.35. The second kappa shape index (κ2) is 5.83. The molecule has 1 unspecified atom stereocenters. The summed E-state index contributed by atoms with van der Waals surface area (Å²) in [7, 11) is 0. The van der Waals surface area contributed by atoms with Gasteiger partial charge in [-0.1, -0.05) is 18.2 Å². The van der Waals surface area contributed by atoms with Gasteiger partial charge in [0.25, 0.3) is 0 Å². The molecule has 1 saturated heterocycles. The van der Waals surface area contributed by atoms with E-state index >= 15 is 0 Å². The van der Waals surface area contributed by atoms with Crippen LogP contribution in [0.5, 0.6) is 0 Å². The number of carbonyl (C=O) groups excluding carboxylic acids is 1. The molecule has 3 rings (SSSR count). The third-order valence-electron chi connectivity index (χ3n) is 4.31. The zero-order valence-electron chi connectivity index (χ0n) is 12.5. The molecule has 2 atom stereocenters. The van der Waals surface area contributed by atoms with E-state index in [0.29, 0.717) is 18.7 Å². The first-order chi connectivity index (χ1) is 10.6. The number of hydrogen-bond donors (Lipinski definition) is 1. The van der Waals surface area contributed by atoms with E-state index < -0.39 is 17.9 Å². The second-order valence-electron chi connectivity index (χ2n) is 5.79. The Hall–Kier alpha value is -2.30. The SMILES string of the molecule is CC(C(=O)N1CCCC[C@@H]1C(=O)O)c1cc2ccccc2o1. The topological polar surface area (TPSA) is 70.8 Å². The van der Waals surface area contributed by atoms with Crippen LogP contribution in [0.2, 0.25) is 0 Å². The summed E-state index contributed by atoms with van der Waals surface area (Å²) < 4.78 is 5.74. The number of para-hydroxylation sites is 1. The predicted octanol–water partition coefficient (Wildman–Crippen LogP) is 3.00. The molecule has 1 aliphatic rings.